The molecule has 1 amide bonds. The van der Waals surface area contributed by atoms with Gasteiger partial charge in [0.1, 0.15) is 0 Å². The second-order valence-electron chi connectivity index (χ2n) is 3.89. The van der Waals surface area contributed by atoms with Gasteiger partial charge in [-0.2, -0.15) is 0 Å². The van der Waals surface area contributed by atoms with Crippen LogP contribution in [0.15, 0.2) is 11.1 Å². The predicted octanol–water partition coefficient (Wildman–Crippen LogP) is 0.107. The Kier molecular flexibility index (Phi) is 3.03. The fourth-order valence-electron chi connectivity index (χ4n) is 2.01. The summed E-state index contributed by atoms with van der Waals surface area (Å²) in [5, 5.41) is 0. The number of hydrogen-bond acceptors (Lipinski definition) is 3. The summed E-state index contributed by atoms with van der Waals surface area (Å²) < 4.78 is 0. The molecule has 5 nitrogen and oxygen atoms in total. The van der Waals surface area contributed by atoms with Crippen molar-refractivity contribution >= 4 is 5.91 Å². The number of nitrogens with zero attached hydrogens (tertiary/aromatic N) is 2. The Bertz CT molecular complexity index is 453. The van der Waals surface area contributed by atoms with Gasteiger partial charge in [-0.3, -0.25) is 9.59 Å². The van der Waals surface area contributed by atoms with Crippen LogP contribution in [0.2, 0.25) is 0 Å². The SMILES string of the molecule is CCC(=O)N1CCc2nc[nH]c(=O)c2CC1. The number of rotatable bonds is 1. The quantitative estimate of drug-likeness (QED) is 0.731. The molecular formula is C11H15N3O2. The van der Waals surface area contributed by atoms with Gasteiger partial charge in [0.05, 0.1) is 12.0 Å². The lowest BCUT2D eigenvalue weighted by Gasteiger charge is -2.18. The van der Waals surface area contributed by atoms with E-state index in [4.69, 9.17) is 0 Å². The van der Waals surface area contributed by atoms with E-state index in [1.807, 2.05) is 6.92 Å². The molecule has 86 valence electrons. The number of aromatic amines is 1. The normalized spacial score (nSPS) is 15.4. The van der Waals surface area contributed by atoms with Crippen LogP contribution in [-0.2, 0) is 17.6 Å². The molecule has 1 aliphatic heterocycles. The van der Waals surface area contributed by atoms with Gasteiger partial charge < -0.3 is 9.88 Å². The Morgan fingerprint density at radius 2 is 2.25 bits per heavy atom. The molecule has 2 rings (SSSR count). The highest BCUT2D eigenvalue weighted by molar-refractivity contribution is 5.75. The first-order valence-electron chi connectivity index (χ1n) is 5.55. The fraction of sp³-hybridized carbons (Fsp3) is 0.545. The minimum absolute atomic E-state index is 0.0733. The Labute approximate surface area is 93.5 Å². The van der Waals surface area contributed by atoms with Crippen LogP contribution in [0, 0.1) is 0 Å². The molecule has 1 N–H and O–H groups in total. The molecule has 2 heterocycles. The van der Waals surface area contributed by atoms with Gasteiger partial charge in [-0.25, -0.2) is 4.98 Å². The van der Waals surface area contributed by atoms with Gasteiger partial charge in [0, 0.05) is 31.5 Å². The number of fused-ring (bicyclic) bond motifs is 1. The monoisotopic (exact) mass is 221 g/mol. The molecule has 16 heavy (non-hydrogen) atoms. The third-order valence-corrected chi connectivity index (χ3v) is 2.94. The number of carbonyl (C=O) groups is 1. The highest BCUT2D eigenvalue weighted by atomic mass is 16.2. The minimum atomic E-state index is -0.0733. The summed E-state index contributed by atoms with van der Waals surface area (Å²) in [5.41, 5.74) is 1.49. The van der Waals surface area contributed by atoms with Crippen LogP contribution < -0.4 is 5.56 Å². The van der Waals surface area contributed by atoms with Crippen LogP contribution in [0.5, 0.6) is 0 Å². The maximum Gasteiger partial charge on any atom is 0.254 e. The molecule has 0 spiro atoms. The largest absolute Gasteiger partial charge is 0.342 e. The van der Waals surface area contributed by atoms with Gasteiger partial charge in [0.25, 0.3) is 5.56 Å². The Morgan fingerprint density at radius 1 is 1.50 bits per heavy atom. The molecule has 5 heteroatoms. The first-order valence-corrected chi connectivity index (χ1v) is 5.55. The maximum absolute atomic E-state index is 11.6. The molecule has 0 aliphatic carbocycles. The van der Waals surface area contributed by atoms with E-state index in [0.717, 1.165) is 11.3 Å². The molecule has 0 fully saturated rings. The van der Waals surface area contributed by atoms with Gasteiger partial charge in [-0.15, -0.1) is 0 Å². The predicted molar refractivity (Wildman–Crippen MR) is 59.1 cm³/mol. The topological polar surface area (TPSA) is 66.1 Å². The summed E-state index contributed by atoms with van der Waals surface area (Å²) in [5.74, 6) is 0.143. The van der Waals surface area contributed by atoms with E-state index in [1.54, 1.807) is 4.90 Å². The van der Waals surface area contributed by atoms with Crippen molar-refractivity contribution in [3.63, 3.8) is 0 Å². The van der Waals surface area contributed by atoms with E-state index in [-0.39, 0.29) is 11.5 Å². The zero-order chi connectivity index (χ0) is 11.5. The van der Waals surface area contributed by atoms with Crippen molar-refractivity contribution in [1.29, 1.82) is 0 Å². The van der Waals surface area contributed by atoms with E-state index in [9.17, 15) is 9.59 Å². The smallest absolute Gasteiger partial charge is 0.254 e. The maximum atomic E-state index is 11.6. The second kappa shape index (κ2) is 4.47. The lowest BCUT2D eigenvalue weighted by Crippen LogP contribution is -2.32. The number of hydrogen-bond donors (Lipinski definition) is 1. The van der Waals surface area contributed by atoms with Crippen LogP contribution in [0.25, 0.3) is 0 Å². The van der Waals surface area contributed by atoms with Gasteiger partial charge in [-0.1, -0.05) is 6.92 Å². The van der Waals surface area contributed by atoms with Crippen molar-refractivity contribution in [1.82, 2.24) is 14.9 Å². The van der Waals surface area contributed by atoms with Crippen molar-refractivity contribution in [2.75, 3.05) is 13.1 Å². The lowest BCUT2D eigenvalue weighted by atomic mass is 10.1. The van der Waals surface area contributed by atoms with Gasteiger partial charge >= 0.3 is 0 Å². The van der Waals surface area contributed by atoms with Crippen LogP contribution in [0.1, 0.15) is 24.6 Å². The first kappa shape index (κ1) is 10.9. The number of carbonyl (C=O) groups excluding carboxylic acids is 1. The van der Waals surface area contributed by atoms with Crippen molar-refractivity contribution in [3.8, 4) is 0 Å². The third-order valence-electron chi connectivity index (χ3n) is 2.94. The Hall–Kier alpha value is -1.65. The zero-order valence-electron chi connectivity index (χ0n) is 9.32. The molecule has 0 atom stereocenters. The summed E-state index contributed by atoms with van der Waals surface area (Å²) in [6.45, 7) is 3.13. The minimum Gasteiger partial charge on any atom is -0.342 e. The van der Waals surface area contributed by atoms with E-state index in [1.165, 1.54) is 6.33 Å². The summed E-state index contributed by atoms with van der Waals surface area (Å²) in [4.78, 5) is 31.7. The van der Waals surface area contributed by atoms with Gasteiger partial charge in [-0.05, 0) is 6.42 Å². The highest BCUT2D eigenvalue weighted by Crippen LogP contribution is 2.10. The summed E-state index contributed by atoms with van der Waals surface area (Å²) in [7, 11) is 0. The summed E-state index contributed by atoms with van der Waals surface area (Å²) in [6, 6.07) is 0. The Balaban J connectivity index is 2.22. The van der Waals surface area contributed by atoms with Crippen LogP contribution >= 0.6 is 0 Å². The van der Waals surface area contributed by atoms with Crippen molar-refractivity contribution < 1.29 is 4.79 Å². The molecule has 1 aromatic rings. The van der Waals surface area contributed by atoms with Crippen LogP contribution in [-0.4, -0.2) is 33.9 Å². The highest BCUT2D eigenvalue weighted by Gasteiger charge is 2.19. The average molecular weight is 221 g/mol. The molecule has 1 aliphatic rings. The van der Waals surface area contributed by atoms with Crippen molar-refractivity contribution in [3.05, 3.63) is 27.9 Å². The lowest BCUT2D eigenvalue weighted by molar-refractivity contribution is -0.130. The molecule has 0 radical (unpaired) electrons. The summed E-state index contributed by atoms with van der Waals surface area (Å²) >= 11 is 0. The van der Waals surface area contributed by atoms with Crippen molar-refractivity contribution in [2.45, 2.75) is 26.2 Å². The van der Waals surface area contributed by atoms with E-state index < -0.39 is 0 Å². The molecule has 1 aromatic heterocycles. The number of amides is 1. The van der Waals surface area contributed by atoms with Gasteiger partial charge in [0.15, 0.2) is 0 Å². The number of aromatic nitrogens is 2. The summed E-state index contributed by atoms with van der Waals surface area (Å²) in [6.07, 6.45) is 3.22. The second-order valence-corrected chi connectivity index (χ2v) is 3.89. The molecule has 0 saturated carbocycles. The molecule has 0 aromatic carbocycles. The third kappa shape index (κ3) is 1.98. The molecule has 0 saturated heterocycles. The van der Waals surface area contributed by atoms with Crippen molar-refractivity contribution in [2.24, 2.45) is 0 Å². The zero-order valence-corrected chi connectivity index (χ0v) is 9.32. The molecular weight excluding hydrogens is 206 g/mol. The van der Waals surface area contributed by atoms with Gasteiger partial charge in [0.2, 0.25) is 5.91 Å². The molecule has 0 bridgehead atoms. The van der Waals surface area contributed by atoms with E-state index >= 15 is 0 Å². The van der Waals surface area contributed by atoms with E-state index in [2.05, 4.69) is 9.97 Å². The van der Waals surface area contributed by atoms with E-state index in [0.29, 0.717) is 32.4 Å². The number of H-pyrrole nitrogens is 1. The fourth-order valence-corrected chi connectivity index (χ4v) is 2.01. The first-order chi connectivity index (χ1) is 7.72. The molecule has 0 unspecified atom stereocenters. The number of nitrogens with one attached hydrogen (secondary N) is 1. The standard InChI is InChI=1S/C11H15N3O2/c1-2-10(15)14-5-3-8-9(4-6-14)12-7-13-11(8)16/h7H,2-6H2,1H3,(H,12,13,16). The Morgan fingerprint density at radius 3 is 3.00 bits per heavy atom. The van der Waals surface area contributed by atoms with Crippen LogP contribution in [0.3, 0.4) is 0 Å². The average Bonchev–Trinajstić information content (AvgIpc) is 2.51. The van der Waals surface area contributed by atoms with Crippen LogP contribution in [0.4, 0.5) is 0 Å².